The Kier molecular flexibility index (Phi) is 3.93. The fourth-order valence-corrected chi connectivity index (χ4v) is 1.88. The molecule has 0 saturated carbocycles. The topological polar surface area (TPSA) is 35.5 Å². The maximum absolute atomic E-state index is 9.43. The van der Waals surface area contributed by atoms with E-state index in [2.05, 4.69) is 19.2 Å². The number of thiocarbonyl (C=S) groups is 1. The van der Waals surface area contributed by atoms with Gasteiger partial charge in [0.05, 0.1) is 6.10 Å². The van der Waals surface area contributed by atoms with E-state index in [0.29, 0.717) is 12.6 Å². The smallest absolute Gasteiger partial charge is 0.169 e. The highest BCUT2D eigenvalue weighted by Gasteiger charge is 2.19. The first-order chi connectivity index (χ1) is 6.09. The second-order valence-corrected chi connectivity index (χ2v) is 4.23. The number of aliphatic hydroxyl groups is 1. The summed E-state index contributed by atoms with van der Waals surface area (Å²) < 4.78 is 0. The molecular weight excluding hydrogens is 184 g/mol. The minimum atomic E-state index is -0.208. The van der Waals surface area contributed by atoms with Gasteiger partial charge < -0.3 is 15.3 Å². The van der Waals surface area contributed by atoms with Crippen molar-refractivity contribution in [2.24, 2.45) is 0 Å². The third kappa shape index (κ3) is 3.48. The van der Waals surface area contributed by atoms with Gasteiger partial charge in [-0.15, -0.1) is 0 Å². The lowest BCUT2D eigenvalue weighted by molar-refractivity contribution is 0.102. The molecule has 0 bridgehead atoms. The number of hydrogen-bond donors (Lipinski definition) is 2. The van der Waals surface area contributed by atoms with Crippen LogP contribution >= 0.6 is 12.2 Å². The van der Waals surface area contributed by atoms with Gasteiger partial charge in [0.15, 0.2) is 5.11 Å². The molecule has 0 aromatic rings. The van der Waals surface area contributed by atoms with Gasteiger partial charge in [0, 0.05) is 19.1 Å². The maximum Gasteiger partial charge on any atom is 0.169 e. The highest BCUT2D eigenvalue weighted by molar-refractivity contribution is 7.80. The van der Waals surface area contributed by atoms with Crippen molar-refractivity contribution in [1.29, 1.82) is 0 Å². The standard InChI is InChI=1S/C9H18N2OS/c1-7(2)10-9(13)11-5-3-4-8(12)6-11/h7-8,12H,3-6H2,1-2H3,(H,10,13). The van der Waals surface area contributed by atoms with Crippen molar-refractivity contribution in [1.82, 2.24) is 10.2 Å². The zero-order chi connectivity index (χ0) is 9.84. The Hall–Kier alpha value is -0.350. The molecule has 0 radical (unpaired) electrons. The molecule has 3 nitrogen and oxygen atoms in total. The average Bonchev–Trinajstić information content (AvgIpc) is 2.03. The summed E-state index contributed by atoms with van der Waals surface area (Å²) >= 11 is 5.21. The Morgan fingerprint density at radius 3 is 2.85 bits per heavy atom. The summed E-state index contributed by atoms with van der Waals surface area (Å²) in [6.45, 7) is 5.77. The number of β-amino-alcohol motifs (C(OH)–C–C–N with tert-alkyl or cyclic N) is 1. The first-order valence-electron chi connectivity index (χ1n) is 4.83. The quantitative estimate of drug-likeness (QED) is 0.614. The molecule has 1 saturated heterocycles. The van der Waals surface area contributed by atoms with E-state index in [-0.39, 0.29) is 6.10 Å². The lowest BCUT2D eigenvalue weighted by atomic mass is 10.1. The third-order valence-corrected chi connectivity index (χ3v) is 2.47. The monoisotopic (exact) mass is 202 g/mol. The average molecular weight is 202 g/mol. The normalized spacial score (nSPS) is 23.4. The molecule has 0 aromatic carbocycles. The number of likely N-dealkylation sites (tertiary alicyclic amines) is 1. The highest BCUT2D eigenvalue weighted by Crippen LogP contribution is 2.09. The molecule has 0 spiro atoms. The number of hydrogen-bond acceptors (Lipinski definition) is 2. The van der Waals surface area contributed by atoms with Crippen LogP contribution in [0.1, 0.15) is 26.7 Å². The van der Waals surface area contributed by atoms with E-state index in [4.69, 9.17) is 12.2 Å². The molecule has 1 heterocycles. The van der Waals surface area contributed by atoms with Crippen LogP contribution in [-0.4, -0.2) is 40.4 Å². The van der Waals surface area contributed by atoms with Crippen LogP contribution in [-0.2, 0) is 0 Å². The van der Waals surface area contributed by atoms with Gasteiger partial charge in [-0.05, 0) is 38.9 Å². The summed E-state index contributed by atoms with van der Waals surface area (Å²) in [6, 6.07) is 0.367. The van der Waals surface area contributed by atoms with Gasteiger partial charge in [-0.25, -0.2) is 0 Å². The molecule has 76 valence electrons. The molecule has 13 heavy (non-hydrogen) atoms. The van der Waals surface area contributed by atoms with Crippen molar-refractivity contribution in [3.05, 3.63) is 0 Å². The SMILES string of the molecule is CC(C)NC(=S)N1CCCC(O)C1. The van der Waals surface area contributed by atoms with Crippen LogP contribution in [0.25, 0.3) is 0 Å². The molecular formula is C9H18N2OS. The van der Waals surface area contributed by atoms with Gasteiger partial charge in [-0.2, -0.15) is 0 Å². The van der Waals surface area contributed by atoms with E-state index >= 15 is 0 Å². The summed E-state index contributed by atoms with van der Waals surface area (Å²) in [5.41, 5.74) is 0. The highest BCUT2D eigenvalue weighted by atomic mass is 32.1. The van der Waals surface area contributed by atoms with Crippen LogP contribution in [0.4, 0.5) is 0 Å². The summed E-state index contributed by atoms with van der Waals surface area (Å²) in [6.07, 6.45) is 1.72. The van der Waals surface area contributed by atoms with Gasteiger partial charge in [0.1, 0.15) is 0 Å². The molecule has 1 rings (SSSR count). The molecule has 1 fully saturated rings. The largest absolute Gasteiger partial charge is 0.391 e. The van der Waals surface area contributed by atoms with Crippen LogP contribution in [0.2, 0.25) is 0 Å². The Morgan fingerprint density at radius 1 is 1.62 bits per heavy atom. The summed E-state index contributed by atoms with van der Waals surface area (Å²) in [5.74, 6) is 0. The van der Waals surface area contributed by atoms with Crippen LogP contribution in [0.3, 0.4) is 0 Å². The molecule has 0 aromatic heterocycles. The van der Waals surface area contributed by atoms with Crippen LogP contribution < -0.4 is 5.32 Å². The van der Waals surface area contributed by atoms with Gasteiger partial charge in [-0.3, -0.25) is 0 Å². The lowest BCUT2D eigenvalue weighted by Crippen LogP contribution is -2.48. The number of aliphatic hydroxyl groups excluding tert-OH is 1. The Bertz CT molecular complexity index is 184. The van der Waals surface area contributed by atoms with Gasteiger partial charge in [0.2, 0.25) is 0 Å². The van der Waals surface area contributed by atoms with Gasteiger partial charge in [0.25, 0.3) is 0 Å². The zero-order valence-electron chi connectivity index (χ0n) is 8.29. The van der Waals surface area contributed by atoms with Gasteiger partial charge in [-0.1, -0.05) is 0 Å². The van der Waals surface area contributed by atoms with Gasteiger partial charge >= 0.3 is 0 Å². The lowest BCUT2D eigenvalue weighted by Gasteiger charge is -2.33. The fourth-order valence-electron chi connectivity index (χ4n) is 1.48. The molecule has 1 atom stereocenters. The number of piperidine rings is 1. The van der Waals surface area contributed by atoms with Crippen LogP contribution in [0, 0.1) is 0 Å². The minimum absolute atomic E-state index is 0.208. The van der Waals surface area contributed by atoms with Crippen LogP contribution in [0.15, 0.2) is 0 Å². The minimum Gasteiger partial charge on any atom is -0.391 e. The molecule has 4 heteroatoms. The number of rotatable bonds is 1. The Labute approximate surface area is 85.1 Å². The summed E-state index contributed by atoms with van der Waals surface area (Å²) in [7, 11) is 0. The van der Waals surface area contributed by atoms with E-state index < -0.39 is 0 Å². The maximum atomic E-state index is 9.43. The molecule has 0 amide bonds. The fraction of sp³-hybridized carbons (Fsp3) is 0.889. The van der Waals surface area contributed by atoms with E-state index in [1.807, 2.05) is 4.90 Å². The van der Waals surface area contributed by atoms with E-state index in [1.54, 1.807) is 0 Å². The zero-order valence-corrected chi connectivity index (χ0v) is 9.10. The van der Waals surface area contributed by atoms with Crippen LogP contribution in [0.5, 0.6) is 0 Å². The molecule has 1 aliphatic heterocycles. The summed E-state index contributed by atoms with van der Waals surface area (Å²) in [4.78, 5) is 2.05. The third-order valence-electron chi connectivity index (χ3n) is 2.10. The molecule has 1 unspecified atom stereocenters. The predicted octanol–water partition coefficient (Wildman–Crippen LogP) is 0.726. The molecule has 2 N–H and O–H groups in total. The number of nitrogens with one attached hydrogen (secondary N) is 1. The van der Waals surface area contributed by atoms with E-state index in [9.17, 15) is 5.11 Å². The molecule has 0 aliphatic carbocycles. The van der Waals surface area contributed by atoms with Crippen molar-refractivity contribution in [3.8, 4) is 0 Å². The predicted molar refractivity (Wildman–Crippen MR) is 57.7 cm³/mol. The van der Waals surface area contributed by atoms with Crippen molar-refractivity contribution in [2.45, 2.75) is 38.8 Å². The Balaban J connectivity index is 2.37. The van der Waals surface area contributed by atoms with Crippen molar-refractivity contribution < 1.29 is 5.11 Å². The molecule has 1 aliphatic rings. The van der Waals surface area contributed by atoms with Crippen molar-refractivity contribution in [2.75, 3.05) is 13.1 Å². The number of nitrogens with zero attached hydrogens (tertiary/aromatic N) is 1. The second-order valence-electron chi connectivity index (χ2n) is 3.85. The van der Waals surface area contributed by atoms with Crippen molar-refractivity contribution in [3.63, 3.8) is 0 Å². The first-order valence-corrected chi connectivity index (χ1v) is 5.24. The van der Waals surface area contributed by atoms with E-state index in [0.717, 1.165) is 24.5 Å². The first kappa shape index (κ1) is 10.7. The van der Waals surface area contributed by atoms with E-state index in [1.165, 1.54) is 0 Å². The Morgan fingerprint density at radius 2 is 2.31 bits per heavy atom. The second kappa shape index (κ2) is 4.77. The summed E-state index contributed by atoms with van der Waals surface area (Å²) in [5, 5.41) is 13.4. The van der Waals surface area contributed by atoms with Crippen molar-refractivity contribution >= 4 is 17.3 Å².